The van der Waals surface area contributed by atoms with Crippen LogP contribution in [0.1, 0.15) is 42.3 Å². The van der Waals surface area contributed by atoms with Crippen molar-refractivity contribution in [3.05, 3.63) is 65.0 Å². The van der Waals surface area contributed by atoms with Gasteiger partial charge in [-0.15, -0.1) is 0 Å². The van der Waals surface area contributed by atoms with Crippen LogP contribution in [0.5, 0.6) is 0 Å². The van der Waals surface area contributed by atoms with Crippen LogP contribution < -0.4 is 0 Å². The Kier molecular flexibility index (Phi) is 4.33. The number of aryl methyl sites for hydroxylation is 1. The van der Waals surface area contributed by atoms with Gasteiger partial charge in [-0.2, -0.15) is 0 Å². The zero-order valence-corrected chi connectivity index (χ0v) is 11.8. The van der Waals surface area contributed by atoms with Crippen LogP contribution in [0.2, 0.25) is 0 Å². The van der Waals surface area contributed by atoms with Crippen molar-refractivity contribution in [2.45, 2.75) is 33.3 Å². The van der Waals surface area contributed by atoms with Crippen LogP contribution in [0.25, 0.3) is 0 Å². The molecule has 0 fully saturated rings. The highest BCUT2D eigenvalue weighted by Crippen LogP contribution is 2.24. The second kappa shape index (κ2) is 5.98. The third kappa shape index (κ3) is 3.42. The van der Waals surface area contributed by atoms with E-state index in [0.717, 1.165) is 23.2 Å². The maximum Gasteiger partial charge on any atom is 0.106 e. The number of aliphatic hydroxyl groups excluding tert-OH is 1. The topological polar surface area (TPSA) is 33.1 Å². The zero-order valence-electron chi connectivity index (χ0n) is 11.8. The van der Waals surface area contributed by atoms with Crippen molar-refractivity contribution >= 4 is 0 Å². The van der Waals surface area contributed by atoms with Gasteiger partial charge in [0.1, 0.15) is 6.10 Å². The van der Waals surface area contributed by atoms with Crippen molar-refractivity contribution < 1.29 is 5.11 Å². The highest BCUT2D eigenvalue weighted by Gasteiger charge is 2.13. The molecular weight excluding hydrogens is 234 g/mol. The third-order valence-electron chi connectivity index (χ3n) is 3.25. The summed E-state index contributed by atoms with van der Waals surface area (Å²) in [5, 5.41) is 10.5. The minimum absolute atomic E-state index is 0.596. The molecule has 19 heavy (non-hydrogen) atoms. The molecule has 0 saturated carbocycles. The highest BCUT2D eigenvalue weighted by atomic mass is 16.3. The van der Waals surface area contributed by atoms with Gasteiger partial charge in [0.15, 0.2) is 0 Å². The SMILES string of the molecule is Cc1ncccc1C(O)c1cccc(CC(C)C)c1. The van der Waals surface area contributed by atoms with E-state index in [2.05, 4.69) is 31.0 Å². The number of aliphatic hydroxyl groups is 1. The number of pyridine rings is 1. The lowest BCUT2D eigenvalue weighted by molar-refractivity contribution is 0.219. The van der Waals surface area contributed by atoms with Gasteiger partial charge in [0, 0.05) is 17.5 Å². The lowest BCUT2D eigenvalue weighted by Crippen LogP contribution is -2.04. The van der Waals surface area contributed by atoms with Gasteiger partial charge in [-0.05, 0) is 36.5 Å². The number of benzene rings is 1. The van der Waals surface area contributed by atoms with E-state index in [9.17, 15) is 5.11 Å². The summed E-state index contributed by atoms with van der Waals surface area (Å²) in [5.41, 5.74) is 3.97. The molecule has 1 heterocycles. The molecule has 0 aliphatic heterocycles. The van der Waals surface area contributed by atoms with Crippen LogP contribution in [-0.4, -0.2) is 10.1 Å². The Morgan fingerprint density at radius 3 is 2.63 bits per heavy atom. The first kappa shape index (κ1) is 13.8. The lowest BCUT2D eigenvalue weighted by atomic mass is 9.96. The smallest absolute Gasteiger partial charge is 0.106 e. The first-order valence-electron chi connectivity index (χ1n) is 6.76. The van der Waals surface area contributed by atoms with E-state index in [0.29, 0.717) is 5.92 Å². The number of hydrogen-bond donors (Lipinski definition) is 1. The van der Waals surface area contributed by atoms with Crippen molar-refractivity contribution in [2.75, 3.05) is 0 Å². The summed E-state index contributed by atoms with van der Waals surface area (Å²) in [4.78, 5) is 4.24. The third-order valence-corrected chi connectivity index (χ3v) is 3.25. The molecule has 0 aliphatic rings. The Balaban J connectivity index is 2.29. The predicted molar refractivity (Wildman–Crippen MR) is 78.0 cm³/mol. The molecule has 100 valence electrons. The number of nitrogens with zero attached hydrogens (tertiary/aromatic N) is 1. The molecule has 1 atom stereocenters. The second-order valence-corrected chi connectivity index (χ2v) is 5.42. The van der Waals surface area contributed by atoms with Crippen molar-refractivity contribution in [3.8, 4) is 0 Å². The largest absolute Gasteiger partial charge is 0.384 e. The molecule has 0 bridgehead atoms. The number of hydrogen-bond acceptors (Lipinski definition) is 2. The number of aromatic nitrogens is 1. The minimum atomic E-state index is -0.596. The van der Waals surface area contributed by atoms with E-state index in [4.69, 9.17) is 0 Å². The van der Waals surface area contributed by atoms with Gasteiger partial charge in [-0.25, -0.2) is 0 Å². The fourth-order valence-electron chi connectivity index (χ4n) is 2.33. The van der Waals surface area contributed by atoms with Crippen molar-refractivity contribution in [1.29, 1.82) is 0 Å². The van der Waals surface area contributed by atoms with Crippen molar-refractivity contribution in [1.82, 2.24) is 4.98 Å². The Hall–Kier alpha value is -1.67. The molecule has 0 spiro atoms. The molecule has 2 heteroatoms. The average Bonchev–Trinajstić information content (AvgIpc) is 2.38. The Bertz CT molecular complexity index is 548. The Labute approximate surface area is 115 Å². The maximum absolute atomic E-state index is 10.5. The summed E-state index contributed by atoms with van der Waals surface area (Å²) in [7, 11) is 0. The van der Waals surface area contributed by atoms with Crippen LogP contribution in [0, 0.1) is 12.8 Å². The molecule has 2 aromatic rings. The fourth-order valence-corrected chi connectivity index (χ4v) is 2.33. The molecule has 2 nitrogen and oxygen atoms in total. The normalized spacial score (nSPS) is 12.7. The van der Waals surface area contributed by atoms with E-state index in [-0.39, 0.29) is 0 Å². The van der Waals surface area contributed by atoms with Gasteiger partial charge in [-0.3, -0.25) is 4.98 Å². The maximum atomic E-state index is 10.5. The minimum Gasteiger partial charge on any atom is -0.384 e. The van der Waals surface area contributed by atoms with E-state index in [1.54, 1.807) is 6.20 Å². The molecule has 1 unspecified atom stereocenters. The van der Waals surface area contributed by atoms with Gasteiger partial charge >= 0.3 is 0 Å². The Morgan fingerprint density at radius 1 is 1.16 bits per heavy atom. The summed E-state index contributed by atoms with van der Waals surface area (Å²) in [6.07, 6.45) is 2.19. The van der Waals surface area contributed by atoms with Gasteiger partial charge in [-0.1, -0.05) is 44.2 Å². The molecule has 0 radical (unpaired) electrons. The standard InChI is InChI=1S/C17H21NO/c1-12(2)10-14-6-4-7-15(11-14)17(19)16-8-5-9-18-13(16)3/h4-9,11-12,17,19H,10H2,1-3H3. The first-order valence-corrected chi connectivity index (χ1v) is 6.76. The highest BCUT2D eigenvalue weighted by molar-refractivity contribution is 5.34. The fraction of sp³-hybridized carbons (Fsp3) is 0.353. The van der Waals surface area contributed by atoms with Crippen LogP contribution >= 0.6 is 0 Å². The van der Waals surface area contributed by atoms with E-state index in [1.807, 2.05) is 31.2 Å². The Morgan fingerprint density at radius 2 is 1.95 bits per heavy atom. The molecule has 1 aromatic carbocycles. The molecule has 0 aliphatic carbocycles. The van der Waals surface area contributed by atoms with Crippen LogP contribution in [0.15, 0.2) is 42.6 Å². The van der Waals surface area contributed by atoms with Crippen molar-refractivity contribution in [2.24, 2.45) is 5.92 Å². The van der Waals surface area contributed by atoms with E-state index < -0.39 is 6.10 Å². The van der Waals surface area contributed by atoms with E-state index >= 15 is 0 Å². The monoisotopic (exact) mass is 255 g/mol. The molecule has 2 rings (SSSR count). The predicted octanol–water partition coefficient (Wildman–Crippen LogP) is 3.67. The summed E-state index contributed by atoms with van der Waals surface area (Å²) in [6, 6.07) is 12.0. The zero-order chi connectivity index (χ0) is 13.8. The van der Waals surface area contributed by atoms with Gasteiger partial charge in [0.2, 0.25) is 0 Å². The summed E-state index contributed by atoms with van der Waals surface area (Å²) >= 11 is 0. The molecule has 0 amide bonds. The summed E-state index contributed by atoms with van der Waals surface area (Å²) in [6.45, 7) is 6.33. The average molecular weight is 255 g/mol. The van der Waals surface area contributed by atoms with Crippen molar-refractivity contribution in [3.63, 3.8) is 0 Å². The summed E-state index contributed by atoms with van der Waals surface area (Å²) in [5.74, 6) is 0.618. The van der Waals surface area contributed by atoms with Crippen LogP contribution in [-0.2, 0) is 6.42 Å². The number of rotatable bonds is 4. The van der Waals surface area contributed by atoms with E-state index in [1.165, 1.54) is 5.56 Å². The molecule has 1 aromatic heterocycles. The molecule has 1 N–H and O–H groups in total. The van der Waals surface area contributed by atoms with Crippen LogP contribution in [0.4, 0.5) is 0 Å². The van der Waals surface area contributed by atoms with Gasteiger partial charge < -0.3 is 5.11 Å². The molecular formula is C17H21NO. The summed E-state index contributed by atoms with van der Waals surface area (Å²) < 4.78 is 0. The van der Waals surface area contributed by atoms with Gasteiger partial charge in [0.05, 0.1) is 0 Å². The van der Waals surface area contributed by atoms with Gasteiger partial charge in [0.25, 0.3) is 0 Å². The quantitative estimate of drug-likeness (QED) is 0.904. The first-order chi connectivity index (χ1) is 9.08. The lowest BCUT2D eigenvalue weighted by Gasteiger charge is -2.15. The molecule has 0 saturated heterocycles. The van der Waals surface area contributed by atoms with Crippen LogP contribution in [0.3, 0.4) is 0 Å². The second-order valence-electron chi connectivity index (χ2n) is 5.42.